The van der Waals surface area contributed by atoms with E-state index in [4.69, 9.17) is 0 Å². The molecule has 1 atom stereocenters. The van der Waals surface area contributed by atoms with E-state index >= 15 is 0 Å². The minimum absolute atomic E-state index is 0.0237. The van der Waals surface area contributed by atoms with Crippen molar-refractivity contribution in [2.24, 2.45) is 14.1 Å². The maximum atomic E-state index is 12.8. The second kappa shape index (κ2) is 6.93. The number of amides is 1. The van der Waals surface area contributed by atoms with Crippen LogP contribution < -0.4 is 5.32 Å². The molecule has 3 aromatic rings. The molecule has 3 rings (SSSR count). The second-order valence-electron chi connectivity index (χ2n) is 6.47. The first-order valence-corrected chi connectivity index (χ1v) is 8.32. The van der Waals surface area contributed by atoms with Crippen LogP contribution in [0.5, 0.6) is 0 Å². The fourth-order valence-corrected chi connectivity index (χ4v) is 2.93. The van der Waals surface area contributed by atoms with E-state index in [1.165, 1.54) is 11.1 Å². The number of nitrogens with one attached hydrogen (secondary N) is 1. The van der Waals surface area contributed by atoms with Crippen molar-refractivity contribution in [1.29, 1.82) is 0 Å². The van der Waals surface area contributed by atoms with Gasteiger partial charge < -0.3 is 5.32 Å². The van der Waals surface area contributed by atoms with Crippen molar-refractivity contribution in [3.8, 4) is 11.3 Å². The van der Waals surface area contributed by atoms with E-state index in [2.05, 4.69) is 34.6 Å². The second-order valence-corrected chi connectivity index (χ2v) is 6.47. The van der Waals surface area contributed by atoms with Crippen LogP contribution in [-0.4, -0.2) is 31.5 Å². The number of hydrogen-bond donors (Lipinski definition) is 1. The van der Waals surface area contributed by atoms with Gasteiger partial charge in [-0.05, 0) is 31.4 Å². The van der Waals surface area contributed by atoms with Crippen molar-refractivity contribution in [2.75, 3.05) is 0 Å². The number of aromatic nitrogens is 4. The molecule has 0 unspecified atom stereocenters. The zero-order chi connectivity index (χ0) is 18.0. The first kappa shape index (κ1) is 17.0. The van der Waals surface area contributed by atoms with Crippen molar-refractivity contribution in [3.63, 3.8) is 0 Å². The summed E-state index contributed by atoms with van der Waals surface area (Å²) < 4.78 is 3.36. The monoisotopic (exact) mass is 337 g/mol. The van der Waals surface area contributed by atoms with Crippen molar-refractivity contribution < 1.29 is 4.79 Å². The van der Waals surface area contributed by atoms with Crippen LogP contribution in [0, 0.1) is 6.92 Å². The largest absolute Gasteiger partial charge is 0.349 e. The average Bonchev–Trinajstić information content (AvgIpc) is 3.15. The van der Waals surface area contributed by atoms with Crippen molar-refractivity contribution in [3.05, 3.63) is 59.5 Å². The summed E-state index contributed by atoms with van der Waals surface area (Å²) in [5, 5.41) is 11.7. The Kier molecular flexibility index (Phi) is 4.70. The van der Waals surface area contributed by atoms with Crippen LogP contribution in [0.3, 0.4) is 0 Å². The van der Waals surface area contributed by atoms with Crippen LogP contribution in [0.1, 0.15) is 28.4 Å². The number of hydrogen-bond acceptors (Lipinski definition) is 3. The van der Waals surface area contributed by atoms with Gasteiger partial charge in [-0.3, -0.25) is 14.2 Å². The maximum absolute atomic E-state index is 12.8. The summed E-state index contributed by atoms with van der Waals surface area (Å²) in [6, 6.07) is 8.26. The molecule has 0 fully saturated rings. The number of carbonyl (C=O) groups excluding carboxylic acids is 1. The Hall–Kier alpha value is -2.89. The highest BCUT2D eigenvalue weighted by Gasteiger charge is 2.20. The molecule has 2 heterocycles. The molecule has 0 aliphatic rings. The maximum Gasteiger partial charge on any atom is 0.255 e. The fourth-order valence-electron chi connectivity index (χ4n) is 2.93. The SMILES string of the molecule is Cc1ccccc1C[C@@H](C)NC(=O)c1cn(C)nc1-c1cnn(C)c1. The fraction of sp³-hybridized carbons (Fsp3) is 0.316. The van der Waals surface area contributed by atoms with E-state index in [9.17, 15) is 4.79 Å². The lowest BCUT2D eigenvalue weighted by Gasteiger charge is -2.15. The molecule has 0 saturated heterocycles. The predicted molar refractivity (Wildman–Crippen MR) is 97.2 cm³/mol. The van der Waals surface area contributed by atoms with E-state index < -0.39 is 0 Å². The lowest BCUT2D eigenvalue weighted by molar-refractivity contribution is 0.0940. The Morgan fingerprint density at radius 1 is 1.20 bits per heavy atom. The zero-order valence-electron chi connectivity index (χ0n) is 15.0. The minimum atomic E-state index is -0.118. The van der Waals surface area contributed by atoms with E-state index in [1.54, 1.807) is 21.8 Å². The Bertz CT molecular complexity index is 893. The topological polar surface area (TPSA) is 64.7 Å². The van der Waals surface area contributed by atoms with Gasteiger partial charge in [-0.25, -0.2) is 0 Å². The van der Waals surface area contributed by atoms with Gasteiger partial charge in [0.15, 0.2) is 0 Å². The van der Waals surface area contributed by atoms with E-state index in [1.807, 2.05) is 39.3 Å². The van der Waals surface area contributed by atoms with Crippen LogP contribution in [0.15, 0.2) is 42.9 Å². The molecule has 0 bridgehead atoms. The van der Waals surface area contributed by atoms with Gasteiger partial charge >= 0.3 is 0 Å². The van der Waals surface area contributed by atoms with E-state index in [0.717, 1.165) is 12.0 Å². The molecule has 1 amide bonds. The lowest BCUT2D eigenvalue weighted by atomic mass is 10.0. The van der Waals surface area contributed by atoms with Crippen molar-refractivity contribution in [2.45, 2.75) is 26.3 Å². The number of carbonyl (C=O) groups is 1. The summed E-state index contributed by atoms with van der Waals surface area (Å²) >= 11 is 0. The van der Waals surface area contributed by atoms with Gasteiger partial charge in [0.25, 0.3) is 5.91 Å². The van der Waals surface area contributed by atoms with Crippen molar-refractivity contribution in [1.82, 2.24) is 24.9 Å². The lowest BCUT2D eigenvalue weighted by Crippen LogP contribution is -2.34. The molecule has 1 aromatic carbocycles. The molecule has 6 heteroatoms. The summed E-state index contributed by atoms with van der Waals surface area (Å²) in [6.07, 6.45) is 6.12. The molecule has 0 aliphatic carbocycles. The summed E-state index contributed by atoms with van der Waals surface area (Å²) in [7, 11) is 3.66. The number of benzene rings is 1. The molecule has 0 saturated carbocycles. The number of rotatable bonds is 5. The molecule has 6 nitrogen and oxygen atoms in total. The van der Waals surface area contributed by atoms with E-state index in [-0.39, 0.29) is 11.9 Å². The van der Waals surface area contributed by atoms with Gasteiger partial charge in [0.2, 0.25) is 0 Å². The van der Waals surface area contributed by atoms with Gasteiger partial charge in [-0.2, -0.15) is 10.2 Å². The molecule has 2 aromatic heterocycles. The van der Waals surface area contributed by atoms with Crippen LogP contribution in [-0.2, 0) is 20.5 Å². The van der Waals surface area contributed by atoms with Gasteiger partial charge in [-0.1, -0.05) is 24.3 Å². The number of aryl methyl sites for hydroxylation is 3. The molecule has 130 valence electrons. The van der Waals surface area contributed by atoms with Gasteiger partial charge in [-0.15, -0.1) is 0 Å². The van der Waals surface area contributed by atoms with Crippen LogP contribution in [0.25, 0.3) is 11.3 Å². The minimum Gasteiger partial charge on any atom is -0.349 e. The normalized spacial score (nSPS) is 12.2. The first-order chi connectivity index (χ1) is 11.9. The standard InChI is InChI=1S/C19H23N5O/c1-13-7-5-6-8-15(13)9-14(2)21-19(25)17-12-24(4)22-18(17)16-10-20-23(3)11-16/h5-8,10-12,14H,9H2,1-4H3,(H,21,25)/t14-/m1/s1. The molecular formula is C19H23N5O. The van der Waals surface area contributed by atoms with Crippen LogP contribution in [0.4, 0.5) is 0 Å². The molecule has 25 heavy (non-hydrogen) atoms. The van der Waals surface area contributed by atoms with Gasteiger partial charge in [0.05, 0.1) is 11.8 Å². The van der Waals surface area contributed by atoms with Crippen LogP contribution >= 0.6 is 0 Å². The van der Waals surface area contributed by atoms with Crippen LogP contribution in [0.2, 0.25) is 0 Å². The third kappa shape index (κ3) is 3.79. The molecular weight excluding hydrogens is 314 g/mol. The summed E-state index contributed by atoms with van der Waals surface area (Å²) in [5.41, 5.74) is 4.53. The van der Waals surface area contributed by atoms with Gasteiger partial charge in [0, 0.05) is 38.1 Å². The third-order valence-corrected chi connectivity index (χ3v) is 4.22. The average molecular weight is 337 g/mol. The molecule has 0 radical (unpaired) electrons. The molecule has 1 N–H and O–H groups in total. The Morgan fingerprint density at radius 2 is 1.96 bits per heavy atom. The highest BCUT2D eigenvalue weighted by atomic mass is 16.1. The predicted octanol–water partition coefficient (Wildman–Crippen LogP) is 2.49. The summed E-state index contributed by atoms with van der Waals surface area (Å²) in [5.74, 6) is -0.118. The van der Waals surface area contributed by atoms with Gasteiger partial charge in [0.1, 0.15) is 5.69 Å². The highest BCUT2D eigenvalue weighted by Crippen LogP contribution is 2.21. The number of nitrogens with zero attached hydrogens (tertiary/aromatic N) is 4. The first-order valence-electron chi connectivity index (χ1n) is 8.32. The smallest absolute Gasteiger partial charge is 0.255 e. The van der Waals surface area contributed by atoms with E-state index in [0.29, 0.717) is 11.3 Å². The summed E-state index contributed by atoms with van der Waals surface area (Å²) in [6.45, 7) is 4.11. The Morgan fingerprint density at radius 3 is 2.64 bits per heavy atom. The molecule has 0 aliphatic heterocycles. The zero-order valence-corrected chi connectivity index (χ0v) is 15.0. The quantitative estimate of drug-likeness (QED) is 0.778. The molecule has 0 spiro atoms. The Labute approximate surface area is 147 Å². The summed E-state index contributed by atoms with van der Waals surface area (Å²) in [4.78, 5) is 12.8. The highest BCUT2D eigenvalue weighted by molar-refractivity contribution is 5.99. The third-order valence-electron chi connectivity index (χ3n) is 4.22. The Balaban J connectivity index is 1.76. The van der Waals surface area contributed by atoms with Crippen molar-refractivity contribution >= 4 is 5.91 Å².